The second-order valence-electron chi connectivity index (χ2n) is 15.0. The van der Waals surface area contributed by atoms with Crippen molar-refractivity contribution in [1.82, 2.24) is 9.97 Å². The molecule has 9 aromatic rings. The molecule has 260 valence electrons. The van der Waals surface area contributed by atoms with E-state index in [1.165, 1.54) is 66.4 Å². The van der Waals surface area contributed by atoms with Gasteiger partial charge in [-0.15, -0.1) is 0 Å². The van der Waals surface area contributed by atoms with Crippen molar-refractivity contribution >= 4 is 10.8 Å². The topological polar surface area (TPSA) is 25.8 Å². The molecule has 8 aromatic carbocycles. The Labute approximate surface area is 322 Å². The van der Waals surface area contributed by atoms with Crippen molar-refractivity contribution in [2.45, 2.75) is 19.3 Å². The molecule has 1 heterocycles. The van der Waals surface area contributed by atoms with Crippen molar-refractivity contribution < 1.29 is 0 Å². The molecule has 0 radical (unpaired) electrons. The van der Waals surface area contributed by atoms with Gasteiger partial charge in [0.15, 0.2) is 5.82 Å². The molecular formula is C53H38N2. The van der Waals surface area contributed by atoms with Crippen molar-refractivity contribution in [3.05, 3.63) is 205 Å². The maximum Gasteiger partial charge on any atom is 0.160 e. The molecular weight excluding hydrogens is 665 g/mol. The fraction of sp³-hybridized carbons (Fsp3) is 0.0566. The van der Waals surface area contributed by atoms with Gasteiger partial charge in [0.05, 0.1) is 11.4 Å². The Bertz CT molecular complexity index is 2810. The highest BCUT2D eigenvalue weighted by molar-refractivity contribution is 5.99. The predicted octanol–water partition coefficient (Wildman–Crippen LogP) is 13.9. The van der Waals surface area contributed by atoms with Gasteiger partial charge in [0.1, 0.15) is 0 Å². The van der Waals surface area contributed by atoms with E-state index in [4.69, 9.17) is 9.97 Å². The molecule has 55 heavy (non-hydrogen) atoms. The second kappa shape index (κ2) is 13.2. The van der Waals surface area contributed by atoms with E-state index in [0.717, 1.165) is 33.9 Å². The summed E-state index contributed by atoms with van der Waals surface area (Å²) in [5.41, 5.74) is 17.7. The highest BCUT2D eigenvalue weighted by atomic mass is 14.9. The van der Waals surface area contributed by atoms with Gasteiger partial charge in [-0.3, -0.25) is 0 Å². The summed E-state index contributed by atoms with van der Waals surface area (Å²) in [6.45, 7) is 4.69. The first-order valence-corrected chi connectivity index (χ1v) is 19.0. The van der Waals surface area contributed by atoms with Gasteiger partial charge in [0.2, 0.25) is 0 Å². The lowest BCUT2D eigenvalue weighted by Gasteiger charge is -2.22. The van der Waals surface area contributed by atoms with E-state index in [2.05, 4.69) is 172 Å². The maximum atomic E-state index is 5.03. The standard InChI is InChI=1S/C53H38N2/c1-53(2)48-22-10-9-20-46(48)47-30-28-42(33-49(47)53)40-18-11-17-39(31-40)41-27-29-45-43(32-41)19-12-21-44(45)35-23-25-37(26-24-35)51-34-50(36-13-5-3-6-14-36)54-52(55-51)38-15-7-4-8-16-38/h3-34H,1-2H3. The molecule has 0 saturated carbocycles. The van der Waals surface area contributed by atoms with Crippen LogP contribution in [0.4, 0.5) is 0 Å². The van der Waals surface area contributed by atoms with Crippen LogP contribution < -0.4 is 0 Å². The minimum atomic E-state index is -0.0242. The van der Waals surface area contributed by atoms with Crippen molar-refractivity contribution in [2.75, 3.05) is 0 Å². The van der Waals surface area contributed by atoms with Gasteiger partial charge in [-0.2, -0.15) is 0 Å². The molecule has 0 unspecified atom stereocenters. The smallest absolute Gasteiger partial charge is 0.160 e. The number of hydrogen-bond donors (Lipinski definition) is 0. The summed E-state index contributed by atoms with van der Waals surface area (Å²) in [6.07, 6.45) is 0. The number of hydrogen-bond acceptors (Lipinski definition) is 2. The second-order valence-corrected chi connectivity index (χ2v) is 15.0. The summed E-state index contributed by atoms with van der Waals surface area (Å²) in [5.74, 6) is 0.721. The number of benzene rings is 8. The van der Waals surface area contributed by atoms with Crippen molar-refractivity contribution in [2.24, 2.45) is 0 Å². The van der Waals surface area contributed by atoms with E-state index < -0.39 is 0 Å². The molecule has 0 saturated heterocycles. The van der Waals surface area contributed by atoms with Gasteiger partial charge >= 0.3 is 0 Å². The zero-order valence-electron chi connectivity index (χ0n) is 30.9. The van der Waals surface area contributed by atoms with Gasteiger partial charge < -0.3 is 0 Å². The molecule has 10 rings (SSSR count). The van der Waals surface area contributed by atoms with Gasteiger partial charge in [-0.1, -0.05) is 184 Å². The fourth-order valence-corrected chi connectivity index (χ4v) is 8.37. The third kappa shape index (κ3) is 5.84. The minimum Gasteiger partial charge on any atom is -0.228 e. The first-order valence-electron chi connectivity index (χ1n) is 19.0. The van der Waals surface area contributed by atoms with Crippen LogP contribution >= 0.6 is 0 Å². The number of aromatic nitrogens is 2. The van der Waals surface area contributed by atoms with Gasteiger partial charge in [-0.05, 0) is 90.7 Å². The average Bonchev–Trinajstić information content (AvgIpc) is 3.49. The molecule has 0 fully saturated rings. The van der Waals surface area contributed by atoms with Crippen LogP contribution in [-0.4, -0.2) is 9.97 Å². The van der Waals surface area contributed by atoms with Crippen molar-refractivity contribution in [3.8, 4) is 78.4 Å². The molecule has 0 N–H and O–H groups in total. The summed E-state index contributed by atoms with van der Waals surface area (Å²) in [6, 6.07) is 69.7. The largest absolute Gasteiger partial charge is 0.228 e. The zero-order chi connectivity index (χ0) is 36.9. The Morgan fingerprint density at radius 1 is 0.327 bits per heavy atom. The summed E-state index contributed by atoms with van der Waals surface area (Å²) in [7, 11) is 0. The Morgan fingerprint density at radius 3 is 1.58 bits per heavy atom. The molecule has 1 aliphatic carbocycles. The summed E-state index contributed by atoms with van der Waals surface area (Å²) in [4.78, 5) is 10.00. The molecule has 2 heteroatoms. The van der Waals surface area contributed by atoms with E-state index in [1.807, 2.05) is 36.4 Å². The number of fused-ring (bicyclic) bond motifs is 4. The number of rotatable bonds is 6. The van der Waals surface area contributed by atoms with Crippen LogP contribution in [-0.2, 0) is 5.41 Å². The molecule has 1 aliphatic rings. The average molecular weight is 703 g/mol. The maximum absolute atomic E-state index is 5.03. The molecule has 0 spiro atoms. The monoisotopic (exact) mass is 702 g/mol. The molecule has 1 aromatic heterocycles. The lowest BCUT2D eigenvalue weighted by Crippen LogP contribution is -2.14. The van der Waals surface area contributed by atoms with Crippen LogP contribution in [0, 0.1) is 0 Å². The highest BCUT2D eigenvalue weighted by Crippen LogP contribution is 2.49. The molecule has 0 amide bonds. The van der Waals surface area contributed by atoms with Crippen LogP contribution in [0.5, 0.6) is 0 Å². The Morgan fingerprint density at radius 2 is 0.836 bits per heavy atom. The minimum absolute atomic E-state index is 0.0242. The van der Waals surface area contributed by atoms with Gasteiger partial charge in [0, 0.05) is 22.1 Å². The Kier molecular flexibility index (Phi) is 7.85. The van der Waals surface area contributed by atoms with E-state index in [9.17, 15) is 0 Å². The van der Waals surface area contributed by atoms with Crippen molar-refractivity contribution in [1.29, 1.82) is 0 Å². The first kappa shape index (κ1) is 32.7. The molecule has 0 bridgehead atoms. The Balaban J connectivity index is 0.963. The summed E-state index contributed by atoms with van der Waals surface area (Å²) in [5, 5.41) is 2.45. The van der Waals surface area contributed by atoms with Crippen molar-refractivity contribution in [3.63, 3.8) is 0 Å². The van der Waals surface area contributed by atoms with Crippen LogP contribution in [0.25, 0.3) is 89.2 Å². The normalized spacial score (nSPS) is 12.7. The SMILES string of the molecule is CC1(C)c2ccccc2-c2ccc(-c3cccc(-c4ccc5c(-c6ccc(-c7cc(-c8ccccc8)nc(-c8ccccc8)n7)cc6)cccc5c4)c3)cc21. The third-order valence-electron chi connectivity index (χ3n) is 11.3. The lowest BCUT2D eigenvalue weighted by atomic mass is 9.81. The van der Waals surface area contributed by atoms with Gasteiger partial charge in [0.25, 0.3) is 0 Å². The van der Waals surface area contributed by atoms with E-state index in [1.54, 1.807) is 0 Å². The Hall–Kier alpha value is -6.90. The van der Waals surface area contributed by atoms with E-state index >= 15 is 0 Å². The molecule has 0 aliphatic heterocycles. The first-order chi connectivity index (χ1) is 27.0. The quantitative estimate of drug-likeness (QED) is 0.172. The lowest BCUT2D eigenvalue weighted by molar-refractivity contribution is 0.660. The summed E-state index contributed by atoms with van der Waals surface area (Å²) >= 11 is 0. The van der Waals surface area contributed by atoms with Crippen LogP contribution in [0.1, 0.15) is 25.0 Å². The third-order valence-corrected chi connectivity index (χ3v) is 11.3. The highest BCUT2D eigenvalue weighted by Gasteiger charge is 2.35. The molecule has 2 nitrogen and oxygen atoms in total. The zero-order valence-corrected chi connectivity index (χ0v) is 30.9. The van der Waals surface area contributed by atoms with Crippen LogP contribution in [0.15, 0.2) is 194 Å². The fourth-order valence-electron chi connectivity index (χ4n) is 8.37. The van der Waals surface area contributed by atoms with E-state index in [-0.39, 0.29) is 5.41 Å². The number of nitrogens with zero attached hydrogens (tertiary/aromatic N) is 2. The van der Waals surface area contributed by atoms with Crippen LogP contribution in [0.3, 0.4) is 0 Å². The van der Waals surface area contributed by atoms with Crippen LogP contribution in [0.2, 0.25) is 0 Å². The summed E-state index contributed by atoms with van der Waals surface area (Å²) < 4.78 is 0. The predicted molar refractivity (Wildman–Crippen MR) is 230 cm³/mol. The van der Waals surface area contributed by atoms with Gasteiger partial charge in [-0.25, -0.2) is 9.97 Å². The van der Waals surface area contributed by atoms with E-state index in [0.29, 0.717) is 0 Å². The molecule has 0 atom stereocenters.